The van der Waals surface area contributed by atoms with Crippen LogP contribution in [0.3, 0.4) is 0 Å². The van der Waals surface area contributed by atoms with E-state index >= 15 is 0 Å². The summed E-state index contributed by atoms with van der Waals surface area (Å²) in [5.74, 6) is 1.07. The molecule has 0 spiro atoms. The molecule has 0 atom stereocenters. The van der Waals surface area contributed by atoms with E-state index in [0.29, 0.717) is 30.9 Å². The number of carbonyl (C=O) groups excluding carboxylic acids is 2. The van der Waals surface area contributed by atoms with Gasteiger partial charge >= 0.3 is 5.97 Å². The molecule has 0 N–H and O–H groups in total. The number of nitrogens with zero attached hydrogens (tertiary/aromatic N) is 1. The number of thioether (sulfide) groups is 2. The molecule has 1 aromatic carbocycles. The van der Waals surface area contributed by atoms with Gasteiger partial charge in [-0.25, -0.2) is 4.99 Å². The van der Waals surface area contributed by atoms with Crippen molar-refractivity contribution in [3.63, 3.8) is 0 Å². The lowest BCUT2D eigenvalue weighted by atomic mass is 10.1. The van der Waals surface area contributed by atoms with Gasteiger partial charge < -0.3 is 9.47 Å². The molecule has 2 rings (SSSR count). The lowest BCUT2D eigenvalue weighted by molar-refractivity contribution is -0.132. The van der Waals surface area contributed by atoms with Crippen molar-refractivity contribution in [2.75, 3.05) is 12.9 Å². The maximum Gasteiger partial charge on any atom is 0.308 e. The first kappa shape index (κ1) is 19.1. The molecule has 126 valence electrons. The first-order valence-corrected chi connectivity index (χ1v) is 9.65. The van der Waals surface area contributed by atoms with Crippen molar-refractivity contribution in [3.05, 3.63) is 39.6 Å². The second kappa shape index (κ2) is 8.72. The Labute approximate surface area is 162 Å². The lowest BCUT2D eigenvalue weighted by Crippen LogP contribution is -2.05. The average molecular weight is 475 g/mol. The molecule has 1 heterocycles. The minimum Gasteiger partial charge on any atom is -0.493 e. The molecule has 24 heavy (non-hydrogen) atoms. The quantitative estimate of drug-likeness (QED) is 0.210. The van der Waals surface area contributed by atoms with Crippen LogP contribution in [0.4, 0.5) is 0 Å². The van der Waals surface area contributed by atoms with Crippen LogP contribution < -0.4 is 9.47 Å². The molecule has 1 aromatic rings. The molecule has 0 amide bonds. The number of benzene rings is 1. The van der Waals surface area contributed by atoms with Crippen LogP contribution in [-0.4, -0.2) is 28.3 Å². The SMILES string of the molecule is C=CCSC1=NC(=Cc2cc(I)c(OC(C)=O)c(OC)c2)C(=O)S1. The predicted molar refractivity (Wildman–Crippen MR) is 108 cm³/mol. The van der Waals surface area contributed by atoms with Gasteiger partial charge in [-0.2, -0.15) is 0 Å². The Kier molecular flexibility index (Phi) is 6.93. The van der Waals surface area contributed by atoms with E-state index in [2.05, 4.69) is 34.2 Å². The van der Waals surface area contributed by atoms with Gasteiger partial charge in [0.05, 0.1) is 10.7 Å². The fourth-order valence-corrected chi connectivity index (χ4v) is 4.14. The minimum absolute atomic E-state index is 0.0976. The molecule has 0 unspecified atom stereocenters. The highest BCUT2D eigenvalue weighted by Crippen LogP contribution is 2.36. The number of hydrogen-bond acceptors (Lipinski definition) is 7. The fourth-order valence-electron chi connectivity index (χ4n) is 1.81. The Balaban J connectivity index is 2.34. The molecule has 0 aromatic heterocycles. The zero-order valence-corrected chi connectivity index (χ0v) is 16.8. The van der Waals surface area contributed by atoms with Crippen LogP contribution in [0.2, 0.25) is 0 Å². The van der Waals surface area contributed by atoms with Gasteiger partial charge in [0.2, 0.25) is 5.12 Å². The molecule has 1 aliphatic heterocycles. The average Bonchev–Trinajstić information content (AvgIpc) is 2.87. The number of rotatable bonds is 5. The molecule has 5 nitrogen and oxygen atoms in total. The second-order valence-electron chi connectivity index (χ2n) is 4.52. The molecule has 0 radical (unpaired) electrons. The Morgan fingerprint density at radius 1 is 1.50 bits per heavy atom. The van der Waals surface area contributed by atoms with Crippen LogP contribution in [0.15, 0.2) is 35.5 Å². The van der Waals surface area contributed by atoms with Gasteiger partial charge in [0, 0.05) is 12.7 Å². The van der Waals surface area contributed by atoms with E-state index in [1.54, 1.807) is 24.3 Å². The van der Waals surface area contributed by atoms with Crippen molar-refractivity contribution in [2.24, 2.45) is 4.99 Å². The molecule has 0 saturated heterocycles. The van der Waals surface area contributed by atoms with Crippen LogP contribution in [-0.2, 0) is 9.59 Å². The van der Waals surface area contributed by atoms with Gasteiger partial charge in [-0.3, -0.25) is 9.59 Å². The third kappa shape index (κ3) is 4.87. The summed E-state index contributed by atoms with van der Waals surface area (Å²) in [5.41, 5.74) is 1.12. The molecule has 0 saturated carbocycles. The van der Waals surface area contributed by atoms with Crippen LogP contribution in [0, 0.1) is 3.57 Å². The van der Waals surface area contributed by atoms with Crippen LogP contribution in [0.5, 0.6) is 11.5 Å². The molecule has 0 aliphatic carbocycles. The summed E-state index contributed by atoms with van der Waals surface area (Å²) in [5, 5.41) is -0.0976. The Hall–Kier alpha value is -1.26. The second-order valence-corrected chi connectivity index (χ2v) is 7.92. The van der Waals surface area contributed by atoms with E-state index in [4.69, 9.17) is 9.47 Å². The molecule has 8 heteroatoms. The summed E-state index contributed by atoms with van der Waals surface area (Å²) >= 11 is 4.64. The van der Waals surface area contributed by atoms with Crippen LogP contribution >= 0.6 is 46.1 Å². The van der Waals surface area contributed by atoms with Gasteiger partial charge in [-0.1, -0.05) is 17.8 Å². The number of esters is 1. The van der Waals surface area contributed by atoms with E-state index in [9.17, 15) is 9.59 Å². The van der Waals surface area contributed by atoms with Gasteiger partial charge in [0.15, 0.2) is 11.5 Å². The van der Waals surface area contributed by atoms with Crippen molar-refractivity contribution in [1.82, 2.24) is 0 Å². The van der Waals surface area contributed by atoms with Crippen molar-refractivity contribution in [3.8, 4) is 11.5 Å². The van der Waals surface area contributed by atoms with E-state index in [1.165, 1.54) is 25.8 Å². The largest absolute Gasteiger partial charge is 0.493 e. The van der Waals surface area contributed by atoms with Crippen molar-refractivity contribution in [2.45, 2.75) is 6.92 Å². The van der Waals surface area contributed by atoms with E-state index < -0.39 is 5.97 Å². The number of halogens is 1. The highest BCUT2D eigenvalue weighted by Gasteiger charge is 2.22. The maximum absolute atomic E-state index is 12.0. The smallest absolute Gasteiger partial charge is 0.308 e. The van der Waals surface area contributed by atoms with E-state index in [0.717, 1.165) is 17.3 Å². The Morgan fingerprint density at radius 2 is 2.25 bits per heavy atom. The monoisotopic (exact) mass is 475 g/mol. The van der Waals surface area contributed by atoms with Crippen molar-refractivity contribution < 1.29 is 19.1 Å². The maximum atomic E-state index is 12.0. The highest BCUT2D eigenvalue weighted by atomic mass is 127. The Bertz CT molecular complexity index is 759. The number of methoxy groups -OCH3 is 1. The highest BCUT2D eigenvalue weighted by molar-refractivity contribution is 14.1. The van der Waals surface area contributed by atoms with Crippen LogP contribution in [0.25, 0.3) is 6.08 Å². The zero-order chi connectivity index (χ0) is 17.7. The lowest BCUT2D eigenvalue weighted by Gasteiger charge is -2.11. The molecular weight excluding hydrogens is 461 g/mol. The first-order chi connectivity index (χ1) is 11.4. The summed E-state index contributed by atoms with van der Waals surface area (Å²) in [6, 6.07) is 3.51. The minimum atomic E-state index is -0.423. The fraction of sp³-hybridized carbons (Fsp3) is 0.188. The summed E-state index contributed by atoms with van der Waals surface area (Å²) < 4.78 is 11.9. The van der Waals surface area contributed by atoms with E-state index in [-0.39, 0.29) is 5.12 Å². The Morgan fingerprint density at radius 3 is 2.88 bits per heavy atom. The van der Waals surface area contributed by atoms with Crippen molar-refractivity contribution in [1.29, 1.82) is 0 Å². The van der Waals surface area contributed by atoms with Gasteiger partial charge in [-0.15, -0.1) is 6.58 Å². The number of ether oxygens (including phenoxy) is 2. The van der Waals surface area contributed by atoms with Gasteiger partial charge in [-0.05, 0) is 58.1 Å². The van der Waals surface area contributed by atoms with E-state index in [1.807, 2.05) is 0 Å². The third-order valence-electron chi connectivity index (χ3n) is 2.73. The molecular formula is C16H14INO4S2. The third-order valence-corrected chi connectivity index (χ3v) is 5.53. The molecule has 1 aliphatic rings. The molecule has 0 bridgehead atoms. The summed E-state index contributed by atoms with van der Waals surface area (Å²) in [6.45, 7) is 4.98. The normalized spacial score (nSPS) is 15.4. The zero-order valence-electron chi connectivity index (χ0n) is 13.0. The number of hydrogen-bond donors (Lipinski definition) is 0. The topological polar surface area (TPSA) is 65.0 Å². The molecule has 0 fully saturated rings. The standard InChI is InChI=1S/C16H14INO4S2/c1-4-5-23-16-18-12(15(20)24-16)7-10-6-11(17)14(22-9(2)19)13(8-10)21-3/h4,6-8H,1,5H2,2-3H3. The number of aliphatic imine (C=N–C) groups is 1. The van der Waals surface area contributed by atoms with Crippen LogP contribution in [0.1, 0.15) is 12.5 Å². The van der Waals surface area contributed by atoms with Gasteiger partial charge in [0.1, 0.15) is 10.1 Å². The predicted octanol–water partition coefficient (Wildman–Crippen LogP) is 4.11. The summed E-state index contributed by atoms with van der Waals surface area (Å²) in [4.78, 5) is 27.6. The van der Waals surface area contributed by atoms with Crippen molar-refractivity contribution >= 4 is 67.7 Å². The summed E-state index contributed by atoms with van der Waals surface area (Å²) in [7, 11) is 1.49. The first-order valence-electron chi connectivity index (χ1n) is 6.76. The summed E-state index contributed by atoms with van der Waals surface area (Å²) in [6.07, 6.45) is 3.46. The van der Waals surface area contributed by atoms with Gasteiger partial charge in [0.25, 0.3) is 0 Å². The number of carbonyl (C=O) groups is 2.